The molecule has 0 saturated carbocycles. The minimum Gasteiger partial charge on any atom is -0.480 e. The average molecular weight is 332 g/mol. The van der Waals surface area contributed by atoms with Gasteiger partial charge in [-0.1, -0.05) is 29.8 Å². The molecule has 19 heavy (non-hydrogen) atoms. The van der Waals surface area contributed by atoms with E-state index in [1.807, 2.05) is 13.8 Å². The minimum absolute atomic E-state index is 0.0851. The Bertz CT molecular complexity index is 471. The molecule has 1 amide bonds. The largest absolute Gasteiger partial charge is 0.480 e. The molecule has 0 aliphatic rings. The van der Waals surface area contributed by atoms with Crippen molar-refractivity contribution < 1.29 is 19.1 Å². The Labute approximate surface area is 119 Å². The Balaban J connectivity index is 2.84. The van der Waals surface area contributed by atoms with E-state index in [0.717, 1.165) is 6.07 Å². The van der Waals surface area contributed by atoms with Gasteiger partial charge in [0.15, 0.2) is 0 Å². The van der Waals surface area contributed by atoms with Crippen LogP contribution in [0.3, 0.4) is 0 Å². The maximum Gasteiger partial charge on any atom is 0.326 e. The fourth-order valence-corrected chi connectivity index (χ4v) is 2.08. The molecule has 0 radical (unpaired) electrons. The normalized spacial score (nSPS) is 12.3. The van der Waals surface area contributed by atoms with Gasteiger partial charge in [0.05, 0.1) is 0 Å². The molecule has 1 rings (SSSR count). The number of rotatable bonds is 5. The van der Waals surface area contributed by atoms with Crippen LogP contribution in [0.25, 0.3) is 0 Å². The molecule has 0 fully saturated rings. The average Bonchev–Trinajstić information content (AvgIpc) is 2.25. The van der Waals surface area contributed by atoms with E-state index >= 15 is 0 Å². The third-order valence-electron chi connectivity index (χ3n) is 2.44. The van der Waals surface area contributed by atoms with Crippen molar-refractivity contribution in [2.75, 3.05) is 0 Å². The molecule has 1 unspecified atom stereocenters. The number of amides is 1. The van der Waals surface area contributed by atoms with Crippen molar-refractivity contribution in [3.05, 3.63) is 34.1 Å². The highest BCUT2D eigenvalue weighted by atomic mass is 79.9. The summed E-state index contributed by atoms with van der Waals surface area (Å²) in [6.45, 7) is 3.72. The quantitative estimate of drug-likeness (QED) is 0.871. The van der Waals surface area contributed by atoms with Gasteiger partial charge in [0.2, 0.25) is 0 Å². The van der Waals surface area contributed by atoms with Crippen molar-refractivity contribution in [2.45, 2.75) is 26.3 Å². The first-order valence-electron chi connectivity index (χ1n) is 5.79. The molecule has 1 aromatic rings. The van der Waals surface area contributed by atoms with E-state index in [9.17, 15) is 14.0 Å². The number of nitrogens with one attached hydrogen (secondary N) is 1. The molecule has 0 aliphatic heterocycles. The van der Waals surface area contributed by atoms with Crippen LogP contribution < -0.4 is 5.32 Å². The van der Waals surface area contributed by atoms with Gasteiger partial charge >= 0.3 is 5.97 Å². The van der Waals surface area contributed by atoms with Crippen LogP contribution in [0.15, 0.2) is 22.7 Å². The number of halogens is 2. The maximum absolute atomic E-state index is 13.2. The van der Waals surface area contributed by atoms with E-state index < -0.39 is 23.7 Å². The molecule has 1 atom stereocenters. The first kappa shape index (κ1) is 15.6. The number of hydrogen-bond donors (Lipinski definition) is 2. The fraction of sp³-hybridized carbons (Fsp3) is 0.385. The van der Waals surface area contributed by atoms with Crippen LogP contribution in [0.1, 0.15) is 30.6 Å². The Kier molecular flexibility index (Phi) is 5.47. The molecule has 0 spiro atoms. The van der Waals surface area contributed by atoms with Gasteiger partial charge in [-0.05, 0) is 30.5 Å². The third-order valence-corrected chi connectivity index (χ3v) is 2.89. The second-order valence-corrected chi connectivity index (χ2v) is 5.57. The number of hydrogen-bond acceptors (Lipinski definition) is 2. The molecule has 6 heteroatoms. The topological polar surface area (TPSA) is 66.4 Å². The van der Waals surface area contributed by atoms with Gasteiger partial charge < -0.3 is 10.4 Å². The molecular formula is C13H15BrFNO3. The first-order chi connectivity index (χ1) is 8.79. The highest BCUT2D eigenvalue weighted by molar-refractivity contribution is 9.10. The van der Waals surface area contributed by atoms with Crippen LogP contribution in [0, 0.1) is 11.7 Å². The fourth-order valence-electron chi connectivity index (χ4n) is 1.62. The molecular weight excluding hydrogens is 317 g/mol. The van der Waals surface area contributed by atoms with Crippen molar-refractivity contribution in [3.63, 3.8) is 0 Å². The molecule has 0 bridgehead atoms. The highest BCUT2D eigenvalue weighted by Crippen LogP contribution is 2.15. The lowest BCUT2D eigenvalue weighted by Crippen LogP contribution is -2.41. The summed E-state index contributed by atoms with van der Waals surface area (Å²) in [4.78, 5) is 22.9. The summed E-state index contributed by atoms with van der Waals surface area (Å²) in [5, 5.41) is 11.4. The van der Waals surface area contributed by atoms with Gasteiger partial charge in [-0.3, -0.25) is 4.79 Å². The van der Waals surface area contributed by atoms with Crippen LogP contribution in [0.2, 0.25) is 0 Å². The molecule has 4 nitrogen and oxygen atoms in total. The Hall–Kier alpha value is -1.43. The molecule has 0 aromatic heterocycles. The number of carboxylic acids is 1. The molecule has 2 N–H and O–H groups in total. The number of aliphatic carboxylic acids is 1. The first-order valence-corrected chi connectivity index (χ1v) is 6.58. The van der Waals surface area contributed by atoms with Gasteiger partial charge in [-0.25, -0.2) is 9.18 Å². The van der Waals surface area contributed by atoms with E-state index in [2.05, 4.69) is 21.2 Å². The monoisotopic (exact) mass is 331 g/mol. The van der Waals surface area contributed by atoms with Gasteiger partial charge in [-0.15, -0.1) is 0 Å². The summed E-state index contributed by atoms with van der Waals surface area (Å²) in [5.41, 5.74) is 0.0851. The maximum atomic E-state index is 13.2. The van der Waals surface area contributed by atoms with Crippen molar-refractivity contribution >= 4 is 27.8 Å². The summed E-state index contributed by atoms with van der Waals surface area (Å²) in [6.07, 6.45) is 0.317. The van der Waals surface area contributed by atoms with Crippen LogP contribution in [-0.2, 0) is 4.79 Å². The summed E-state index contributed by atoms with van der Waals surface area (Å²) >= 11 is 3.08. The zero-order chi connectivity index (χ0) is 14.6. The highest BCUT2D eigenvalue weighted by Gasteiger charge is 2.22. The molecule has 1 aromatic carbocycles. The number of benzene rings is 1. The molecule has 104 valence electrons. The van der Waals surface area contributed by atoms with Gasteiger partial charge in [0.1, 0.15) is 11.9 Å². The van der Waals surface area contributed by atoms with Crippen LogP contribution in [0.5, 0.6) is 0 Å². The van der Waals surface area contributed by atoms with E-state index in [1.165, 1.54) is 12.1 Å². The van der Waals surface area contributed by atoms with Gasteiger partial charge in [0, 0.05) is 10.0 Å². The third kappa shape index (κ3) is 4.98. The SMILES string of the molecule is CC(C)CC(NC(=O)c1cc(F)cc(Br)c1)C(=O)O. The lowest BCUT2D eigenvalue weighted by atomic mass is 10.0. The number of carboxylic acid groups (broad SMARTS) is 1. The van der Waals surface area contributed by atoms with Crippen molar-refractivity contribution in [1.29, 1.82) is 0 Å². The van der Waals surface area contributed by atoms with Crippen molar-refractivity contribution in [1.82, 2.24) is 5.32 Å². The van der Waals surface area contributed by atoms with Crippen LogP contribution >= 0.6 is 15.9 Å². The minimum atomic E-state index is -1.10. The molecule has 0 heterocycles. The van der Waals surface area contributed by atoms with E-state index in [1.54, 1.807) is 0 Å². The number of carbonyl (C=O) groups excluding carboxylic acids is 1. The Morgan fingerprint density at radius 2 is 2.00 bits per heavy atom. The lowest BCUT2D eigenvalue weighted by molar-refractivity contribution is -0.139. The molecule has 0 aliphatic carbocycles. The summed E-state index contributed by atoms with van der Waals surface area (Å²) in [7, 11) is 0. The van der Waals surface area contributed by atoms with E-state index in [0.29, 0.717) is 10.9 Å². The smallest absolute Gasteiger partial charge is 0.326 e. The van der Waals surface area contributed by atoms with E-state index in [4.69, 9.17) is 5.11 Å². The number of carbonyl (C=O) groups is 2. The Morgan fingerprint density at radius 3 is 2.47 bits per heavy atom. The standard InChI is InChI=1S/C13H15BrFNO3/c1-7(2)3-11(13(18)19)16-12(17)8-4-9(14)6-10(15)5-8/h4-7,11H,3H2,1-2H3,(H,16,17)(H,18,19). The molecule has 0 saturated heterocycles. The van der Waals surface area contributed by atoms with Crippen LogP contribution in [-0.4, -0.2) is 23.0 Å². The zero-order valence-electron chi connectivity index (χ0n) is 10.6. The van der Waals surface area contributed by atoms with Crippen LogP contribution in [0.4, 0.5) is 4.39 Å². The predicted octanol–water partition coefficient (Wildman–Crippen LogP) is 2.82. The summed E-state index contributed by atoms with van der Waals surface area (Å²) in [5.74, 6) is -2.14. The van der Waals surface area contributed by atoms with Crippen molar-refractivity contribution in [3.8, 4) is 0 Å². The lowest BCUT2D eigenvalue weighted by Gasteiger charge is -2.16. The summed E-state index contributed by atoms with van der Waals surface area (Å²) in [6, 6.07) is 2.75. The second kappa shape index (κ2) is 6.65. The van der Waals surface area contributed by atoms with Gasteiger partial charge in [-0.2, -0.15) is 0 Å². The van der Waals surface area contributed by atoms with Crippen molar-refractivity contribution in [2.24, 2.45) is 5.92 Å². The predicted molar refractivity (Wildman–Crippen MR) is 72.4 cm³/mol. The zero-order valence-corrected chi connectivity index (χ0v) is 12.2. The van der Waals surface area contributed by atoms with E-state index in [-0.39, 0.29) is 11.5 Å². The second-order valence-electron chi connectivity index (χ2n) is 4.65. The summed E-state index contributed by atoms with van der Waals surface area (Å²) < 4.78 is 13.6. The Morgan fingerprint density at radius 1 is 1.37 bits per heavy atom. The van der Waals surface area contributed by atoms with Gasteiger partial charge in [0.25, 0.3) is 5.91 Å².